The zero-order chi connectivity index (χ0) is 9.22. The van der Waals surface area contributed by atoms with E-state index in [0.717, 1.165) is 24.7 Å². The van der Waals surface area contributed by atoms with Crippen molar-refractivity contribution in [3.05, 3.63) is 12.3 Å². The van der Waals surface area contributed by atoms with Gasteiger partial charge in [-0.2, -0.15) is 0 Å². The Morgan fingerprint density at radius 1 is 1.46 bits per heavy atom. The quantitative estimate of drug-likeness (QED) is 0.603. The van der Waals surface area contributed by atoms with E-state index in [-0.39, 0.29) is 11.5 Å². The molecule has 2 heteroatoms. The van der Waals surface area contributed by atoms with Crippen molar-refractivity contribution in [2.75, 3.05) is 0 Å². The first-order valence-electron chi connectivity index (χ1n) is 5.29. The highest BCUT2D eigenvalue weighted by molar-refractivity contribution is 5.21. The summed E-state index contributed by atoms with van der Waals surface area (Å²) in [6.07, 6.45) is 4.78. The highest BCUT2D eigenvalue weighted by atomic mass is 16.3. The molecular formula is C11H17NO. The van der Waals surface area contributed by atoms with E-state index >= 15 is 0 Å². The molecule has 3 N–H and O–H groups in total. The van der Waals surface area contributed by atoms with Gasteiger partial charge in [0, 0.05) is 11.5 Å². The van der Waals surface area contributed by atoms with Gasteiger partial charge in [0.25, 0.3) is 0 Å². The molecule has 2 nitrogen and oxygen atoms in total. The lowest BCUT2D eigenvalue weighted by Gasteiger charge is -2.49. The van der Waals surface area contributed by atoms with E-state index in [4.69, 9.17) is 5.73 Å². The molecule has 4 saturated carbocycles. The number of hydrogen-bond donors (Lipinski definition) is 2. The van der Waals surface area contributed by atoms with Gasteiger partial charge in [-0.05, 0) is 43.4 Å². The third-order valence-corrected chi connectivity index (χ3v) is 4.67. The maximum atomic E-state index is 9.53. The predicted molar refractivity (Wildman–Crippen MR) is 51.1 cm³/mol. The summed E-state index contributed by atoms with van der Waals surface area (Å²) in [4.78, 5) is 0. The molecule has 4 aliphatic carbocycles. The Bertz CT molecular complexity index is 275. The van der Waals surface area contributed by atoms with Crippen molar-refractivity contribution in [2.45, 2.75) is 31.2 Å². The van der Waals surface area contributed by atoms with Gasteiger partial charge in [0.2, 0.25) is 0 Å². The van der Waals surface area contributed by atoms with E-state index in [0.29, 0.717) is 11.7 Å². The van der Waals surface area contributed by atoms with Crippen molar-refractivity contribution in [2.24, 2.45) is 29.4 Å². The van der Waals surface area contributed by atoms with Crippen LogP contribution < -0.4 is 5.73 Å². The van der Waals surface area contributed by atoms with E-state index < -0.39 is 0 Å². The van der Waals surface area contributed by atoms with Crippen LogP contribution in [0.2, 0.25) is 0 Å². The highest BCUT2D eigenvalue weighted by Crippen LogP contribution is 2.65. The smallest absolute Gasteiger partial charge is 0.0900 e. The molecule has 4 fully saturated rings. The molecule has 4 rings (SSSR count). The van der Waals surface area contributed by atoms with Gasteiger partial charge in [0.05, 0.1) is 5.76 Å². The maximum Gasteiger partial charge on any atom is 0.0900 e. The molecule has 0 saturated heterocycles. The molecule has 0 spiro atoms. The van der Waals surface area contributed by atoms with E-state index in [9.17, 15) is 5.11 Å². The fourth-order valence-corrected chi connectivity index (χ4v) is 3.88. The molecule has 2 bridgehead atoms. The molecule has 0 aliphatic heterocycles. The molecule has 13 heavy (non-hydrogen) atoms. The first-order chi connectivity index (χ1) is 6.13. The van der Waals surface area contributed by atoms with Crippen LogP contribution >= 0.6 is 0 Å². The van der Waals surface area contributed by atoms with Crippen molar-refractivity contribution in [1.82, 2.24) is 0 Å². The molecular weight excluding hydrogens is 162 g/mol. The van der Waals surface area contributed by atoms with Gasteiger partial charge in [-0.1, -0.05) is 6.58 Å². The molecule has 0 aromatic carbocycles. The Kier molecular flexibility index (Phi) is 1.28. The van der Waals surface area contributed by atoms with Crippen LogP contribution in [-0.4, -0.2) is 10.6 Å². The summed E-state index contributed by atoms with van der Waals surface area (Å²) in [5.41, 5.74) is 6.31. The average molecular weight is 179 g/mol. The van der Waals surface area contributed by atoms with Gasteiger partial charge in [-0.25, -0.2) is 0 Å². The van der Waals surface area contributed by atoms with Gasteiger partial charge < -0.3 is 10.8 Å². The SMILES string of the molecule is C=C(O)C1CC2CCC1(N)C1CC21. The van der Waals surface area contributed by atoms with Gasteiger partial charge in [-0.15, -0.1) is 0 Å². The second-order valence-electron chi connectivity index (χ2n) is 5.20. The summed E-state index contributed by atoms with van der Waals surface area (Å²) < 4.78 is 0. The monoisotopic (exact) mass is 179 g/mol. The topological polar surface area (TPSA) is 46.2 Å². The molecule has 0 aromatic rings. The normalized spacial score (nSPS) is 57.3. The van der Waals surface area contributed by atoms with Crippen LogP contribution in [0.1, 0.15) is 25.7 Å². The second-order valence-corrected chi connectivity index (χ2v) is 5.20. The van der Waals surface area contributed by atoms with Crippen LogP contribution in [0.3, 0.4) is 0 Å². The largest absolute Gasteiger partial charge is 0.513 e. The molecule has 5 unspecified atom stereocenters. The Balaban J connectivity index is 1.96. The Labute approximate surface area is 78.8 Å². The van der Waals surface area contributed by atoms with Crippen LogP contribution in [0.4, 0.5) is 0 Å². The number of fused-ring (bicyclic) bond motifs is 2. The van der Waals surface area contributed by atoms with Gasteiger partial charge in [-0.3, -0.25) is 0 Å². The van der Waals surface area contributed by atoms with E-state index in [1.165, 1.54) is 12.8 Å². The summed E-state index contributed by atoms with van der Waals surface area (Å²) in [7, 11) is 0. The predicted octanol–water partition coefficient (Wildman–Crippen LogP) is 1.82. The average Bonchev–Trinajstić information content (AvgIpc) is 2.84. The lowest BCUT2D eigenvalue weighted by Crippen LogP contribution is -2.57. The van der Waals surface area contributed by atoms with Crippen molar-refractivity contribution in [1.29, 1.82) is 0 Å². The van der Waals surface area contributed by atoms with E-state index in [2.05, 4.69) is 6.58 Å². The molecule has 0 heterocycles. The van der Waals surface area contributed by atoms with Crippen LogP contribution in [0.25, 0.3) is 0 Å². The van der Waals surface area contributed by atoms with Crippen LogP contribution in [0.5, 0.6) is 0 Å². The summed E-state index contributed by atoms with van der Waals surface area (Å²) in [6.45, 7) is 3.67. The van der Waals surface area contributed by atoms with Crippen LogP contribution in [0.15, 0.2) is 12.3 Å². The number of nitrogens with two attached hydrogens (primary N) is 1. The van der Waals surface area contributed by atoms with Crippen LogP contribution in [0, 0.1) is 23.7 Å². The minimum atomic E-state index is -0.0920. The molecule has 0 amide bonds. The lowest BCUT2D eigenvalue weighted by atomic mass is 9.60. The van der Waals surface area contributed by atoms with Crippen molar-refractivity contribution in [3.63, 3.8) is 0 Å². The van der Waals surface area contributed by atoms with Crippen LogP contribution in [-0.2, 0) is 0 Å². The Hall–Kier alpha value is -0.500. The van der Waals surface area contributed by atoms with Crippen molar-refractivity contribution < 1.29 is 5.11 Å². The molecule has 0 radical (unpaired) electrons. The fourth-order valence-electron chi connectivity index (χ4n) is 3.88. The number of aliphatic hydroxyl groups is 1. The number of rotatable bonds is 1. The maximum absolute atomic E-state index is 9.53. The molecule has 0 aromatic heterocycles. The van der Waals surface area contributed by atoms with Gasteiger partial charge >= 0.3 is 0 Å². The highest BCUT2D eigenvalue weighted by Gasteiger charge is 2.64. The number of aliphatic hydroxyl groups excluding tert-OH is 1. The van der Waals surface area contributed by atoms with E-state index in [1.54, 1.807) is 0 Å². The summed E-state index contributed by atoms with van der Waals surface area (Å²) >= 11 is 0. The first kappa shape index (κ1) is 7.86. The molecule has 4 aliphatic rings. The minimum absolute atomic E-state index is 0.0920. The van der Waals surface area contributed by atoms with E-state index in [1.807, 2.05) is 0 Å². The van der Waals surface area contributed by atoms with Crippen molar-refractivity contribution in [3.8, 4) is 0 Å². The fraction of sp³-hybridized carbons (Fsp3) is 0.818. The summed E-state index contributed by atoms with van der Waals surface area (Å²) in [5, 5.41) is 9.53. The van der Waals surface area contributed by atoms with Gasteiger partial charge in [0.15, 0.2) is 0 Å². The second kappa shape index (κ2) is 2.11. The van der Waals surface area contributed by atoms with Crippen molar-refractivity contribution >= 4 is 0 Å². The Morgan fingerprint density at radius 2 is 2.23 bits per heavy atom. The minimum Gasteiger partial charge on any atom is -0.513 e. The lowest BCUT2D eigenvalue weighted by molar-refractivity contribution is 0.0527. The Morgan fingerprint density at radius 3 is 2.92 bits per heavy atom. The zero-order valence-corrected chi connectivity index (χ0v) is 7.87. The summed E-state index contributed by atoms with van der Waals surface area (Å²) in [5.74, 6) is 2.96. The first-order valence-corrected chi connectivity index (χ1v) is 5.29. The van der Waals surface area contributed by atoms with Gasteiger partial charge in [0.1, 0.15) is 0 Å². The molecule has 5 atom stereocenters. The third kappa shape index (κ3) is 0.824. The number of hydrogen-bond acceptors (Lipinski definition) is 2. The zero-order valence-electron chi connectivity index (χ0n) is 7.87. The standard InChI is InChI=1S/C11H17NO/c1-6(13)9-4-7-2-3-11(9,12)10-5-8(7)10/h7-10,13H,1-5,12H2. The third-order valence-electron chi connectivity index (χ3n) is 4.67. The summed E-state index contributed by atoms with van der Waals surface area (Å²) in [6, 6.07) is 0. The molecule has 72 valence electrons.